The van der Waals surface area contributed by atoms with Crippen molar-refractivity contribution in [1.29, 1.82) is 0 Å². The first-order valence-electron chi connectivity index (χ1n) is 9.23. The molecule has 3 nitrogen and oxygen atoms in total. The van der Waals surface area contributed by atoms with Crippen molar-refractivity contribution in [1.82, 2.24) is 10.6 Å². The Kier molecular flexibility index (Phi) is 7.48. The maximum Gasteiger partial charge on any atom is 0.0599 e. The van der Waals surface area contributed by atoms with Crippen LogP contribution in [-0.2, 0) is 4.74 Å². The summed E-state index contributed by atoms with van der Waals surface area (Å²) in [4.78, 5) is 0. The lowest BCUT2D eigenvalue weighted by atomic mass is 9.78. The third kappa shape index (κ3) is 6.25. The number of nitrogens with one attached hydrogen (secondary N) is 2. The van der Waals surface area contributed by atoms with Crippen molar-refractivity contribution in [3.05, 3.63) is 0 Å². The lowest BCUT2D eigenvalue weighted by molar-refractivity contribution is 0.0314. The van der Waals surface area contributed by atoms with Crippen molar-refractivity contribution in [3.8, 4) is 0 Å². The molecule has 0 atom stereocenters. The Morgan fingerprint density at radius 3 is 2.57 bits per heavy atom. The van der Waals surface area contributed by atoms with Gasteiger partial charge in [-0.15, -0.1) is 0 Å². The number of hydrogen-bond donors (Lipinski definition) is 2. The highest BCUT2D eigenvalue weighted by Gasteiger charge is 2.33. The van der Waals surface area contributed by atoms with Crippen LogP contribution in [0.5, 0.6) is 0 Å². The van der Waals surface area contributed by atoms with Gasteiger partial charge in [0.2, 0.25) is 0 Å². The average molecular weight is 296 g/mol. The maximum atomic E-state index is 5.96. The van der Waals surface area contributed by atoms with E-state index in [2.05, 4.69) is 24.5 Å². The third-order valence-corrected chi connectivity index (χ3v) is 5.14. The zero-order valence-electron chi connectivity index (χ0n) is 14.3. The third-order valence-electron chi connectivity index (χ3n) is 5.14. The van der Waals surface area contributed by atoms with Gasteiger partial charge in [-0.3, -0.25) is 0 Å². The second kappa shape index (κ2) is 9.12. The molecule has 21 heavy (non-hydrogen) atoms. The maximum absolute atomic E-state index is 5.96. The molecule has 3 heteroatoms. The highest BCUT2D eigenvalue weighted by atomic mass is 16.5. The van der Waals surface area contributed by atoms with Gasteiger partial charge in [0.05, 0.1) is 6.10 Å². The van der Waals surface area contributed by atoms with Crippen molar-refractivity contribution in [2.75, 3.05) is 32.8 Å². The Hall–Kier alpha value is -0.120. The summed E-state index contributed by atoms with van der Waals surface area (Å²) in [7, 11) is 0. The van der Waals surface area contributed by atoms with E-state index >= 15 is 0 Å². The average Bonchev–Trinajstić information content (AvgIpc) is 2.91. The summed E-state index contributed by atoms with van der Waals surface area (Å²) in [6.45, 7) is 10.2. The number of ether oxygens (including phenoxy) is 1. The van der Waals surface area contributed by atoms with Crippen LogP contribution in [0, 0.1) is 11.3 Å². The molecular formula is C18H36N2O. The quantitative estimate of drug-likeness (QED) is 0.640. The molecule has 0 spiro atoms. The second-order valence-electron chi connectivity index (χ2n) is 7.66. The van der Waals surface area contributed by atoms with Crippen molar-refractivity contribution >= 4 is 0 Å². The van der Waals surface area contributed by atoms with E-state index in [0.29, 0.717) is 11.5 Å². The highest BCUT2D eigenvalue weighted by molar-refractivity contribution is 4.87. The van der Waals surface area contributed by atoms with Crippen LogP contribution in [0.2, 0.25) is 0 Å². The molecule has 2 N–H and O–H groups in total. The summed E-state index contributed by atoms with van der Waals surface area (Å²) in [6, 6.07) is 0. The Bertz CT molecular complexity index is 268. The summed E-state index contributed by atoms with van der Waals surface area (Å²) in [5.74, 6) is 0.827. The Labute approximate surface area is 131 Å². The zero-order chi connectivity index (χ0) is 15.0. The summed E-state index contributed by atoms with van der Waals surface area (Å²) in [5, 5.41) is 7.10. The van der Waals surface area contributed by atoms with Crippen LogP contribution in [0.4, 0.5) is 0 Å². The predicted molar refractivity (Wildman–Crippen MR) is 89.7 cm³/mol. The minimum absolute atomic E-state index is 0.508. The Balaban J connectivity index is 1.53. The van der Waals surface area contributed by atoms with E-state index in [0.717, 1.165) is 38.6 Å². The number of piperidine rings is 1. The molecule has 1 aliphatic heterocycles. The first-order valence-corrected chi connectivity index (χ1v) is 9.23. The molecule has 2 aliphatic rings. The van der Waals surface area contributed by atoms with Gasteiger partial charge >= 0.3 is 0 Å². The van der Waals surface area contributed by atoms with Gasteiger partial charge in [0.1, 0.15) is 0 Å². The SMILES string of the molecule is CC(C)CC1(CNCCCOC2CCNCC2)CCCC1. The van der Waals surface area contributed by atoms with Gasteiger partial charge in [-0.25, -0.2) is 0 Å². The molecule has 0 bridgehead atoms. The van der Waals surface area contributed by atoms with Crippen LogP contribution in [0.1, 0.15) is 65.2 Å². The Morgan fingerprint density at radius 2 is 1.90 bits per heavy atom. The minimum Gasteiger partial charge on any atom is -0.378 e. The largest absolute Gasteiger partial charge is 0.378 e. The van der Waals surface area contributed by atoms with Gasteiger partial charge < -0.3 is 15.4 Å². The van der Waals surface area contributed by atoms with E-state index in [1.807, 2.05) is 0 Å². The molecule has 1 saturated carbocycles. The van der Waals surface area contributed by atoms with Gasteiger partial charge in [-0.1, -0.05) is 26.7 Å². The fraction of sp³-hybridized carbons (Fsp3) is 1.00. The summed E-state index contributed by atoms with van der Waals surface area (Å²) in [6.07, 6.45) is 11.2. The van der Waals surface area contributed by atoms with E-state index in [-0.39, 0.29) is 0 Å². The first-order chi connectivity index (χ1) is 10.2. The zero-order valence-corrected chi connectivity index (χ0v) is 14.3. The molecule has 1 aliphatic carbocycles. The van der Waals surface area contributed by atoms with E-state index < -0.39 is 0 Å². The van der Waals surface area contributed by atoms with Gasteiger partial charge in [0.25, 0.3) is 0 Å². The van der Waals surface area contributed by atoms with Gasteiger partial charge in [0.15, 0.2) is 0 Å². The molecular weight excluding hydrogens is 260 g/mol. The number of rotatable bonds is 9. The smallest absolute Gasteiger partial charge is 0.0599 e. The Morgan fingerprint density at radius 1 is 1.19 bits per heavy atom. The summed E-state index contributed by atoms with van der Waals surface area (Å²) in [5.41, 5.74) is 0.601. The van der Waals surface area contributed by atoms with Crippen LogP contribution in [0.3, 0.4) is 0 Å². The molecule has 0 radical (unpaired) electrons. The van der Waals surface area contributed by atoms with Crippen molar-refractivity contribution in [3.63, 3.8) is 0 Å². The van der Waals surface area contributed by atoms with Crippen molar-refractivity contribution in [2.24, 2.45) is 11.3 Å². The number of hydrogen-bond acceptors (Lipinski definition) is 3. The minimum atomic E-state index is 0.508. The monoisotopic (exact) mass is 296 g/mol. The first kappa shape index (κ1) is 17.2. The molecule has 124 valence electrons. The molecule has 0 aromatic carbocycles. The molecule has 1 heterocycles. The highest BCUT2D eigenvalue weighted by Crippen LogP contribution is 2.42. The lowest BCUT2D eigenvalue weighted by Crippen LogP contribution is -2.35. The normalized spacial score (nSPS) is 23.0. The summed E-state index contributed by atoms with van der Waals surface area (Å²) >= 11 is 0. The predicted octanol–water partition coefficient (Wildman–Crippen LogP) is 3.34. The van der Waals surface area contributed by atoms with Crippen molar-refractivity contribution in [2.45, 2.75) is 71.3 Å². The van der Waals surface area contributed by atoms with Gasteiger partial charge in [0, 0.05) is 13.2 Å². The van der Waals surface area contributed by atoms with Crippen LogP contribution in [0.25, 0.3) is 0 Å². The van der Waals surface area contributed by atoms with Crippen molar-refractivity contribution < 1.29 is 4.74 Å². The van der Waals surface area contributed by atoms with E-state index in [1.165, 1.54) is 51.5 Å². The molecule has 2 rings (SSSR count). The second-order valence-corrected chi connectivity index (χ2v) is 7.66. The van der Waals surface area contributed by atoms with Crippen LogP contribution in [-0.4, -0.2) is 38.9 Å². The molecule has 2 fully saturated rings. The summed E-state index contributed by atoms with van der Waals surface area (Å²) < 4.78 is 5.96. The van der Waals surface area contributed by atoms with E-state index in [1.54, 1.807) is 0 Å². The van der Waals surface area contributed by atoms with Crippen LogP contribution in [0.15, 0.2) is 0 Å². The van der Waals surface area contributed by atoms with E-state index in [9.17, 15) is 0 Å². The fourth-order valence-corrected chi connectivity index (χ4v) is 4.21. The molecule has 0 amide bonds. The molecule has 0 aromatic heterocycles. The fourth-order valence-electron chi connectivity index (χ4n) is 4.21. The van der Waals surface area contributed by atoms with Gasteiger partial charge in [-0.05, 0) is 69.5 Å². The topological polar surface area (TPSA) is 33.3 Å². The van der Waals surface area contributed by atoms with E-state index in [4.69, 9.17) is 4.74 Å². The lowest BCUT2D eigenvalue weighted by Gasteiger charge is -2.31. The van der Waals surface area contributed by atoms with Gasteiger partial charge in [-0.2, -0.15) is 0 Å². The molecule has 0 unspecified atom stereocenters. The van der Waals surface area contributed by atoms with Crippen LogP contribution >= 0.6 is 0 Å². The van der Waals surface area contributed by atoms with Crippen LogP contribution < -0.4 is 10.6 Å². The standard InChI is InChI=1S/C18H36N2O/c1-16(2)14-18(8-3-4-9-18)15-20-10-5-13-21-17-6-11-19-12-7-17/h16-17,19-20H,3-15H2,1-2H3. The molecule has 0 aromatic rings. The molecule has 1 saturated heterocycles.